The second-order valence-electron chi connectivity index (χ2n) is 11.7. The number of ether oxygens (including phenoxy) is 3. The molecule has 0 aliphatic carbocycles. The van der Waals surface area contributed by atoms with Crippen molar-refractivity contribution in [3.63, 3.8) is 0 Å². The molecule has 276 valence electrons. The summed E-state index contributed by atoms with van der Waals surface area (Å²) in [5.74, 6) is -1.04. The van der Waals surface area contributed by atoms with Gasteiger partial charge >= 0.3 is 13.8 Å². The molecule has 4 aromatic carbocycles. The largest absolute Gasteiger partial charge is 0.485 e. The lowest BCUT2D eigenvalue weighted by Crippen LogP contribution is -2.35. The zero-order chi connectivity index (χ0) is 36.9. The first-order chi connectivity index (χ1) is 25.3. The molecule has 0 amide bonds. The third-order valence-corrected chi connectivity index (χ3v) is 9.63. The average molecular weight is 733 g/mol. The zero-order valence-corrected chi connectivity index (χ0v) is 30.5. The van der Waals surface area contributed by atoms with E-state index in [0.717, 1.165) is 33.9 Å². The minimum absolute atomic E-state index is 0.0227. The van der Waals surface area contributed by atoms with Crippen LogP contribution >= 0.6 is 7.82 Å². The molecule has 2 atom stereocenters. The summed E-state index contributed by atoms with van der Waals surface area (Å²) in [4.78, 5) is 13.3. The van der Waals surface area contributed by atoms with Crippen molar-refractivity contribution in [2.24, 2.45) is 0 Å². The number of aliphatic hydroxyl groups excluding tert-OH is 1. The highest BCUT2D eigenvalue weighted by Crippen LogP contribution is 2.53. The smallest absolute Gasteiger partial charge is 0.475 e. The topological polar surface area (TPSA) is 158 Å². The van der Waals surface area contributed by atoms with Crippen LogP contribution in [0.25, 0.3) is 0 Å². The minimum Gasteiger partial charge on any atom is -0.485 e. The second kappa shape index (κ2) is 18.5. The highest BCUT2D eigenvalue weighted by Gasteiger charge is 2.46. The van der Waals surface area contributed by atoms with E-state index in [2.05, 4.69) is 21.3 Å². The molecule has 13 nitrogen and oxygen atoms in total. The molecule has 0 bridgehead atoms. The molecule has 5 N–H and O–H groups in total. The van der Waals surface area contributed by atoms with Crippen molar-refractivity contribution in [1.29, 1.82) is 0 Å². The number of benzene rings is 4. The first-order valence-corrected chi connectivity index (χ1v) is 18.2. The summed E-state index contributed by atoms with van der Waals surface area (Å²) in [6.07, 6.45) is -2.77. The molecule has 1 aliphatic heterocycles. The molecule has 0 radical (unpaired) electrons. The second-order valence-corrected chi connectivity index (χ2v) is 13.3. The van der Waals surface area contributed by atoms with Gasteiger partial charge in [0.1, 0.15) is 19.3 Å². The van der Waals surface area contributed by atoms with Gasteiger partial charge in [-0.3, -0.25) is 13.6 Å². The molecule has 0 unspecified atom stereocenters. The van der Waals surface area contributed by atoms with Crippen LogP contribution in [0.5, 0.6) is 0 Å². The van der Waals surface area contributed by atoms with Crippen LogP contribution in [-0.2, 0) is 63.6 Å². The zero-order valence-electron chi connectivity index (χ0n) is 29.6. The quantitative estimate of drug-likeness (QED) is 0.0487. The fraction of sp³-hybridized carbons (Fsp3) is 0.289. The van der Waals surface area contributed by atoms with E-state index in [1.807, 2.05) is 111 Å². The van der Waals surface area contributed by atoms with Gasteiger partial charge in [0.2, 0.25) is 5.76 Å². The number of aliphatic hydroxyl groups is 1. The van der Waals surface area contributed by atoms with E-state index in [0.29, 0.717) is 11.1 Å². The molecule has 14 heteroatoms. The molecule has 5 rings (SSSR count). The Morgan fingerprint density at radius 3 is 1.35 bits per heavy atom. The van der Waals surface area contributed by atoms with Gasteiger partial charge in [0.15, 0.2) is 11.9 Å². The molecule has 0 saturated carbocycles. The monoisotopic (exact) mass is 732 g/mol. The summed E-state index contributed by atoms with van der Waals surface area (Å²) >= 11 is 0. The number of hydrogen-bond acceptors (Lipinski definition) is 13. The molecule has 0 saturated heterocycles. The number of carbonyl (C=O) groups excluding carboxylic acids is 1. The Bertz CT molecular complexity index is 1760. The van der Waals surface area contributed by atoms with E-state index in [1.54, 1.807) is 14.1 Å². The molecular weight excluding hydrogens is 687 g/mol. The SMILES string of the molecule is CNc1ccc(COC2=C(OCc3ccc(NC)cc3)[C@@H]([C@H](CO)OP(=O)(OCc3ccc(NC)cc3)OCc3ccc(NC)cc3)OC2=O)cc1. The fourth-order valence-electron chi connectivity index (χ4n) is 5.12. The Kier molecular flexibility index (Phi) is 13.6. The van der Waals surface area contributed by atoms with Gasteiger partial charge in [-0.1, -0.05) is 48.5 Å². The van der Waals surface area contributed by atoms with Gasteiger partial charge in [-0.15, -0.1) is 0 Å². The van der Waals surface area contributed by atoms with Gasteiger partial charge in [0.05, 0.1) is 19.8 Å². The van der Waals surface area contributed by atoms with Gasteiger partial charge in [-0.25, -0.2) is 9.36 Å². The Labute approximate surface area is 303 Å². The third kappa shape index (κ3) is 10.3. The Morgan fingerprint density at radius 1 is 0.615 bits per heavy atom. The lowest BCUT2D eigenvalue weighted by atomic mass is 10.1. The van der Waals surface area contributed by atoms with Crippen LogP contribution in [0.2, 0.25) is 0 Å². The molecular formula is C38H45N4O9P. The Balaban J connectivity index is 1.40. The maximum absolute atomic E-state index is 14.4. The molecule has 0 aromatic heterocycles. The van der Waals surface area contributed by atoms with Crippen LogP contribution in [0.1, 0.15) is 22.3 Å². The number of nitrogens with one attached hydrogen (secondary N) is 4. The summed E-state index contributed by atoms with van der Waals surface area (Å²) in [5.41, 5.74) is 6.58. The van der Waals surface area contributed by atoms with E-state index >= 15 is 0 Å². The highest BCUT2D eigenvalue weighted by atomic mass is 31.2. The average Bonchev–Trinajstić information content (AvgIpc) is 3.51. The number of esters is 1. The number of rotatable bonds is 20. The minimum atomic E-state index is -4.45. The summed E-state index contributed by atoms with van der Waals surface area (Å²) in [6, 6.07) is 29.6. The van der Waals surface area contributed by atoms with Crippen molar-refractivity contribution < 1.29 is 42.2 Å². The first-order valence-electron chi connectivity index (χ1n) is 16.7. The normalized spacial score (nSPS) is 14.8. The summed E-state index contributed by atoms with van der Waals surface area (Å²) < 4.78 is 49.9. The predicted octanol–water partition coefficient (Wildman–Crippen LogP) is 6.64. The number of carbonyl (C=O) groups is 1. The number of hydrogen-bond donors (Lipinski definition) is 5. The highest BCUT2D eigenvalue weighted by molar-refractivity contribution is 7.48. The number of phosphoric ester groups is 1. The van der Waals surface area contributed by atoms with Crippen LogP contribution in [0.4, 0.5) is 22.7 Å². The standard InChI is InChI=1S/C38H45N4O9P/c1-39-30-13-5-26(6-14-30)22-46-36-35(50-38(44)37(36)47-23-27-7-15-31(40-2)16-8-27)34(21-43)51-52(45,48-24-28-9-17-32(41-3)18-10-28)49-25-29-11-19-33(42-4)20-12-29/h5-20,34-35,39-43H,21-25H2,1-4H3/t34-,35+/m0/s1. The van der Waals surface area contributed by atoms with E-state index in [1.165, 1.54) is 0 Å². The van der Waals surface area contributed by atoms with Crippen molar-refractivity contribution in [1.82, 2.24) is 0 Å². The van der Waals surface area contributed by atoms with Crippen molar-refractivity contribution in [2.45, 2.75) is 38.6 Å². The summed E-state index contributed by atoms with van der Waals surface area (Å²) in [7, 11) is 2.79. The van der Waals surface area contributed by atoms with Gasteiger partial charge in [-0.2, -0.15) is 0 Å². The summed E-state index contributed by atoms with van der Waals surface area (Å²) in [6.45, 7) is -0.940. The number of phosphoric acid groups is 1. The molecule has 4 aromatic rings. The van der Waals surface area contributed by atoms with Crippen molar-refractivity contribution >= 4 is 36.5 Å². The lowest BCUT2D eigenvalue weighted by Gasteiger charge is -2.27. The number of cyclic esters (lactones) is 1. The summed E-state index contributed by atoms with van der Waals surface area (Å²) in [5, 5.41) is 22.9. The van der Waals surface area contributed by atoms with Crippen molar-refractivity contribution in [3.05, 3.63) is 131 Å². The van der Waals surface area contributed by atoms with E-state index in [4.69, 9.17) is 27.8 Å². The molecule has 0 spiro atoms. The number of anilines is 4. The fourth-order valence-corrected chi connectivity index (χ4v) is 6.44. The first kappa shape index (κ1) is 38.2. The van der Waals surface area contributed by atoms with Crippen molar-refractivity contribution in [2.75, 3.05) is 56.1 Å². The van der Waals surface area contributed by atoms with Crippen molar-refractivity contribution in [3.8, 4) is 0 Å². The Hall–Kier alpha value is -5.04. The molecule has 1 heterocycles. The van der Waals surface area contributed by atoms with Gasteiger partial charge in [0, 0.05) is 50.9 Å². The van der Waals surface area contributed by atoms with Crippen LogP contribution in [0, 0.1) is 0 Å². The van der Waals surface area contributed by atoms with Crippen LogP contribution in [-0.4, -0.2) is 58.1 Å². The van der Waals surface area contributed by atoms with Gasteiger partial charge in [-0.05, 0) is 70.8 Å². The van der Waals surface area contributed by atoms with E-state index in [9.17, 15) is 14.5 Å². The van der Waals surface area contributed by atoms with Crippen LogP contribution < -0.4 is 21.3 Å². The van der Waals surface area contributed by atoms with E-state index in [-0.39, 0.29) is 37.9 Å². The third-order valence-electron chi connectivity index (χ3n) is 8.21. The lowest BCUT2D eigenvalue weighted by molar-refractivity contribution is -0.148. The maximum Gasteiger partial charge on any atom is 0.475 e. The maximum atomic E-state index is 14.4. The molecule has 52 heavy (non-hydrogen) atoms. The Morgan fingerprint density at radius 2 is 0.981 bits per heavy atom. The molecule has 1 aliphatic rings. The van der Waals surface area contributed by atoms with Crippen LogP contribution in [0.15, 0.2) is 109 Å². The van der Waals surface area contributed by atoms with Gasteiger partial charge in [0.25, 0.3) is 0 Å². The predicted molar refractivity (Wildman–Crippen MR) is 200 cm³/mol. The molecule has 0 fully saturated rings. The van der Waals surface area contributed by atoms with Gasteiger partial charge < -0.3 is 40.6 Å². The van der Waals surface area contributed by atoms with E-state index < -0.39 is 32.6 Å². The van der Waals surface area contributed by atoms with Crippen LogP contribution in [0.3, 0.4) is 0 Å².